The zero-order valence-corrected chi connectivity index (χ0v) is 10.2. The Morgan fingerprint density at radius 2 is 1.50 bits per heavy atom. The molecule has 0 heterocycles. The molecular formula is C11H27NO2. The van der Waals surface area contributed by atoms with Crippen molar-refractivity contribution in [2.24, 2.45) is 0 Å². The van der Waals surface area contributed by atoms with Crippen LogP contribution in [0.3, 0.4) is 0 Å². The third kappa shape index (κ3) is 22.6. The molecule has 0 aromatic rings. The highest BCUT2D eigenvalue weighted by Gasteiger charge is 1.86. The first-order chi connectivity index (χ1) is 6.68. The molecule has 14 heavy (non-hydrogen) atoms. The summed E-state index contributed by atoms with van der Waals surface area (Å²) in [4.78, 5) is 0. The minimum absolute atomic E-state index is 0.866. The van der Waals surface area contributed by atoms with Crippen LogP contribution in [0.5, 0.6) is 0 Å². The zero-order chi connectivity index (χ0) is 11.2. The van der Waals surface area contributed by atoms with Crippen molar-refractivity contribution in [3.05, 3.63) is 0 Å². The van der Waals surface area contributed by atoms with Crippen LogP contribution in [0.15, 0.2) is 0 Å². The summed E-state index contributed by atoms with van der Waals surface area (Å²) in [5, 5.41) is 12.1. The molecule has 1 atom stereocenters. The van der Waals surface area contributed by atoms with Crippen molar-refractivity contribution in [2.75, 3.05) is 20.2 Å². The molecule has 2 N–H and O–H groups in total. The summed E-state index contributed by atoms with van der Waals surface area (Å²) in [6.45, 7) is 8.59. The molecule has 0 saturated carbocycles. The Kier molecular flexibility index (Phi) is 17.9. The highest BCUT2D eigenvalue weighted by molar-refractivity contribution is 4.28. The van der Waals surface area contributed by atoms with Crippen molar-refractivity contribution in [1.82, 2.24) is 0 Å². The van der Waals surface area contributed by atoms with Gasteiger partial charge in [0.25, 0.3) is 0 Å². The maximum atomic E-state index is 9.67. The van der Waals surface area contributed by atoms with Crippen molar-refractivity contribution in [3.63, 3.8) is 0 Å². The van der Waals surface area contributed by atoms with E-state index in [2.05, 4.69) is 23.9 Å². The van der Waals surface area contributed by atoms with Gasteiger partial charge in [0.2, 0.25) is 0 Å². The number of rotatable bonds is 7. The van der Waals surface area contributed by atoms with Gasteiger partial charge in [-0.1, -0.05) is 33.6 Å². The van der Waals surface area contributed by atoms with Crippen LogP contribution in [0, 0.1) is 0 Å². The van der Waals surface area contributed by atoms with E-state index in [0.29, 0.717) is 0 Å². The lowest BCUT2D eigenvalue weighted by atomic mass is 10.3. The largest absolute Gasteiger partial charge is 0.831 e. The number of nitrogens with two attached hydrogens (primary N) is 1. The smallest absolute Gasteiger partial charge is 0.0755 e. The molecule has 0 aromatic heterocycles. The average molecular weight is 205 g/mol. The Morgan fingerprint density at radius 1 is 1.14 bits per heavy atom. The molecule has 0 amide bonds. The number of quaternary nitrogens is 1. The fraction of sp³-hybridized carbons (Fsp3) is 1.00. The predicted molar refractivity (Wildman–Crippen MR) is 57.9 cm³/mol. The quantitative estimate of drug-likeness (QED) is 0.486. The Bertz CT molecular complexity index is 81.4. The molecule has 3 heteroatoms. The van der Waals surface area contributed by atoms with Crippen molar-refractivity contribution in [3.8, 4) is 0 Å². The van der Waals surface area contributed by atoms with Gasteiger partial charge in [0, 0.05) is 7.11 Å². The summed E-state index contributed by atoms with van der Waals surface area (Å²) in [6, 6.07) is 0. The minimum Gasteiger partial charge on any atom is -0.831 e. The van der Waals surface area contributed by atoms with Crippen molar-refractivity contribution in [1.29, 1.82) is 0 Å². The van der Waals surface area contributed by atoms with E-state index in [-0.39, 0.29) is 0 Å². The first-order valence-corrected chi connectivity index (χ1v) is 5.69. The fourth-order valence-electron chi connectivity index (χ4n) is 0.841. The average Bonchev–Trinajstić information content (AvgIpc) is 2.19. The molecule has 0 aromatic carbocycles. The summed E-state index contributed by atoms with van der Waals surface area (Å²) >= 11 is 0. The SMILES string of the molecule is CCCC[NH2+]CCCC.COC(C)[O-]. The summed E-state index contributed by atoms with van der Waals surface area (Å²) in [7, 11) is 1.39. The van der Waals surface area contributed by atoms with Gasteiger partial charge in [-0.05, 0) is 19.1 Å². The van der Waals surface area contributed by atoms with Crippen LogP contribution in [0.2, 0.25) is 0 Å². The van der Waals surface area contributed by atoms with Gasteiger partial charge in [-0.15, -0.1) is 0 Å². The van der Waals surface area contributed by atoms with Gasteiger partial charge in [0.05, 0.1) is 13.1 Å². The second-order valence-corrected chi connectivity index (χ2v) is 3.38. The van der Waals surface area contributed by atoms with E-state index in [1.54, 1.807) is 0 Å². The van der Waals surface area contributed by atoms with Crippen LogP contribution in [0.1, 0.15) is 46.5 Å². The van der Waals surface area contributed by atoms with Gasteiger partial charge < -0.3 is 15.2 Å². The molecule has 88 valence electrons. The maximum absolute atomic E-state index is 9.67. The Labute approximate surface area is 88.9 Å². The Morgan fingerprint density at radius 3 is 1.71 bits per heavy atom. The van der Waals surface area contributed by atoms with E-state index in [9.17, 15) is 5.11 Å². The van der Waals surface area contributed by atoms with Gasteiger partial charge in [-0.3, -0.25) is 0 Å². The van der Waals surface area contributed by atoms with Gasteiger partial charge >= 0.3 is 0 Å². The van der Waals surface area contributed by atoms with Crippen molar-refractivity contribution in [2.45, 2.75) is 52.7 Å². The van der Waals surface area contributed by atoms with Gasteiger partial charge in [0.1, 0.15) is 0 Å². The van der Waals surface area contributed by atoms with Crippen molar-refractivity contribution >= 4 is 0 Å². The molecule has 0 rings (SSSR count). The van der Waals surface area contributed by atoms with Crippen LogP contribution >= 0.6 is 0 Å². The summed E-state index contributed by atoms with van der Waals surface area (Å²) in [5.41, 5.74) is 0. The molecule has 0 fully saturated rings. The number of hydrogen-bond donors (Lipinski definition) is 1. The normalized spacial score (nSPS) is 11.8. The van der Waals surface area contributed by atoms with E-state index in [4.69, 9.17) is 0 Å². The second-order valence-electron chi connectivity index (χ2n) is 3.38. The highest BCUT2D eigenvalue weighted by atomic mass is 16.6. The molecule has 0 bridgehead atoms. The van der Waals surface area contributed by atoms with E-state index in [0.717, 1.165) is 0 Å². The summed E-state index contributed by atoms with van der Waals surface area (Å²) in [6.07, 6.45) is 4.56. The first kappa shape index (κ1) is 16.3. The lowest BCUT2D eigenvalue weighted by Gasteiger charge is -2.10. The van der Waals surface area contributed by atoms with Gasteiger partial charge in [-0.25, -0.2) is 0 Å². The number of ether oxygens (including phenoxy) is 1. The van der Waals surface area contributed by atoms with Gasteiger partial charge in [-0.2, -0.15) is 0 Å². The van der Waals surface area contributed by atoms with E-state index < -0.39 is 6.29 Å². The van der Waals surface area contributed by atoms with E-state index >= 15 is 0 Å². The number of methoxy groups -OCH3 is 1. The Balaban J connectivity index is 0. The monoisotopic (exact) mass is 205 g/mol. The second kappa shape index (κ2) is 15.4. The van der Waals surface area contributed by atoms with E-state index in [1.807, 2.05) is 0 Å². The maximum Gasteiger partial charge on any atom is 0.0755 e. The zero-order valence-electron chi connectivity index (χ0n) is 10.2. The van der Waals surface area contributed by atoms with Crippen LogP contribution in [-0.2, 0) is 4.74 Å². The number of unbranched alkanes of at least 4 members (excludes halogenated alkanes) is 2. The molecular weight excluding hydrogens is 178 g/mol. The molecule has 3 nitrogen and oxygen atoms in total. The lowest BCUT2D eigenvalue weighted by Crippen LogP contribution is -2.84. The number of hydrogen-bond acceptors (Lipinski definition) is 2. The molecule has 0 saturated heterocycles. The molecule has 0 radical (unpaired) electrons. The molecule has 1 unspecified atom stereocenters. The third-order valence-corrected chi connectivity index (χ3v) is 1.86. The van der Waals surface area contributed by atoms with Crippen molar-refractivity contribution < 1.29 is 15.2 Å². The lowest BCUT2D eigenvalue weighted by molar-refractivity contribution is -0.655. The highest BCUT2D eigenvalue weighted by Crippen LogP contribution is 1.80. The van der Waals surface area contributed by atoms with E-state index in [1.165, 1.54) is 52.8 Å². The molecule has 0 aliphatic rings. The van der Waals surface area contributed by atoms with Crippen LogP contribution in [0.4, 0.5) is 0 Å². The minimum atomic E-state index is -0.866. The van der Waals surface area contributed by atoms with Gasteiger partial charge in [0.15, 0.2) is 0 Å². The standard InChI is InChI=1S/C8H19N.C3H7O2/c1-3-5-7-9-8-6-4-2;1-3(4)5-2/h9H,3-8H2,1-2H3;3H,1-2H3/q;-1/p+1. The molecule has 0 aliphatic heterocycles. The molecule has 0 spiro atoms. The molecule has 0 aliphatic carbocycles. The first-order valence-electron chi connectivity index (χ1n) is 5.69. The Hall–Kier alpha value is -0.120. The summed E-state index contributed by atoms with van der Waals surface area (Å²) in [5.74, 6) is 0. The predicted octanol–water partition coefficient (Wildman–Crippen LogP) is 0.489. The fourth-order valence-corrected chi connectivity index (χ4v) is 0.841. The topological polar surface area (TPSA) is 48.9 Å². The van der Waals surface area contributed by atoms with Crippen LogP contribution < -0.4 is 10.4 Å². The van der Waals surface area contributed by atoms with Crippen LogP contribution in [-0.4, -0.2) is 26.5 Å². The third-order valence-electron chi connectivity index (χ3n) is 1.86. The summed E-state index contributed by atoms with van der Waals surface area (Å²) < 4.78 is 4.19. The van der Waals surface area contributed by atoms with Crippen LogP contribution in [0.25, 0.3) is 0 Å².